The van der Waals surface area contributed by atoms with Crippen LogP contribution in [0.5, 0.6) is 0 Å². The third-order valence-corrected chi connectivity index (χ3v) is 3.94. The number of aromatic nitrogens is 5. The molecule has 3 heterocycles. The number of fused-ring (bicyclic) bond motifs is 1. The summed E-state index contributed by atoms with van der Waals surface area (Å²) in [5, 5.41) is 23.6. The number of rotatable bonds is 4. The Balaban J connectivity index is 1.96. The Morgan fingerprint density at radius 3 is 2.95 bits per heavy atom. The van der Waals surface area contributed by atoms with E-state index < -0.39 is 4.92 Å². The molecule has 0 aliphatic carbocycles. The van der Waals surface area contributed by atoms with Crippen LogP contribution in [-0.4, -0.2) is 29.5 Å². The van der Waals surface area contributed by atoms with Crippen molar-refractivity contribution >= 4 is 5.69 Å². The summed E-state index contributed by atoms with van der Waals surface area (Å²) in [7, 11) is 0. The molecule has 0 amide bonds. The average Bonchev–Trinajstić information content (AvgIpc) is 3.03. The lowest BCUT2D eigenvalue weighted by molar-refractivity contribution is -0.385. The molecule has 0 aromatic carbocycles. The summed E-state index contributed by atoms with van der Waals surface area (Å²) in [5.74, 6) is 1.87. The summed E-state index contributed by atoms with van der Waals surface area (Å²) in [6.07, 6.45) is 7.91. The Morgan fingerprint density at radius 2 is 2.24 bits per heavy atom. The summed E-state index contributed by atoms with van der Waals surface area (Å²) in [6.45, 7) is 2.94. The van der Waals surface area contributed by atoms with Crippen molar-refractivity contribution in [2.45, 2.75) is 51.6 Å². The molecule has 8 nitrogen and oxygen atoms in total. The molecule has 0 bridgehead atoms. The van der Waals surface area contributed by atoms with E-state index in [1.54, 1.807) is 4.68 Å². The minimum atomic E-state index is -0.430. The molecule has 21 heavy (non-hydrogen) atoms. The first-order valence-corrected chi connectivity index (χ1v) is 7.31. The molecule has 0 radical (unpaired) electrons. The lowest BCUT2D eigenvalue weighted by atomic mass is 10.2. The maximum Gasteiger partial charge on any atom is 0.307 e. The summed E-state index contributed by atoms with van der Waals surface area (Å²) < 4.78 is 3.79. The van der Waals surface area contributed by atoms with E-state index >= 15 is 0 Å². The van der Waals surface area contributed by atoms with Gasteiger partial charge in [0, 0.05) is 13.0 Å². The number of hydrogen-bond donors (Lipinski definition) is 0. The van der Waals surface area contributed by atoms with Crippen LogP contribution in [0.15, 0.2) is 12.4 Å². The Morgan fingerprint density at radius 1 is 1.38 bits per heavy atom. The Bertz CT molecular complexity index is 647. The highest BCUT2D eigenvalue weighted by Crippen LogP contribution is 2.25. The summed E-state index contributed by atoms with van der Waals surface area (Å²) in [4.78, 5) is 10.4. The molecule has 2 aromatic heterocycles. The first-order chi connectivity index (χ1) is 10.2. The van der Waals surface area contributed by atoms with Crippen LogP contribution in [0.4, 0.5) is 5.69 Å². The Kier molecular flexibility index (Phi) is 3.68. The van der Waals surface area contributed by atoms with E-state index in [-0.39, 0.29) is 11.7 Å². The predicted molar refractivity (Wildman–Crippen MR) is 74.9 cm³/mol. The summed E-state index contributed by atoms with van der Waals surface area (Å²) in [5.41, 5.74) is 0.00375. The molecule has 0 N–H and O–H groups in total. The molecule has 0 spiro atoms. The molecule has 112 valence electrons. The maximum absolute atomic E-state index is 10.8. The molecular weight excluding hydrogens is 272 g/mol. The van der Waals surface area contributed by atoms with Crippen molar-refractivity contribution in [3.63, 3.8) is 0 Å². The van der Waals surface area contributed by atoms with Crippen molar-refractivity contribution in [1.29, 1.82) is 0 Å². The zero-order valence-electron chi connectivity index (χ0n) is 12.0. The molecule has 0 saturated carbocycles. The molecule has 0 unspecified atom stereocenters. The highest BCUT2D eigenvalue weighted by molar-refractivity contribution is 5.22. The van der Waals surface area contributed by atoms with E-state index in [1.165, 1.54) is 18.8 Å². The van der Waals surface area contributed by atoms with Gasteiger partial charge in [-0.25, -0.2) is 0 Å². The van der Waals surface area contributed by atoms with Gasteiger partial charge in [-0.2, -0.15) is 5.10 Å². The largest absolute Gasteiger partial charge is 0.313 e. The Hall–Kier alpha value is -2.25. The second-order valence-corrected chi connectivity index (χ2v) is 5.30. The number of aryl methyl sites for hydroxylation is 1. The van der Waals surface area contributed by atoms with Crippen LogP contribution in [-0.2, 0) is 13.0 Å². The van der Waals surface area contributed by atoms with Crippen molar-refractivity contribution in [3.05, 3.63) is 34.2 Å². The van der Waals surface area contributed by atoms with Gasteiger partial charge in [-0.1, -0.05) is 13.3 Å². The first kappa shape index (κ1) is 13.7. The van der Waals surface area contributed by atoms with Gasteiger partial charge in [-0.3, -0.25) is 14.8 Å². The molecule has 1 atom stereocenters. The topological polar surface area (TPSA) is 91.7 Å². The van der Waals surface area contributed by atoms with E-state index in [4.69, 9.17) is 0 Å². The van der Waals surface area contributed by atoms with Crippen molar-refractivity contribution < 1.29 is 4.92 Å². The van der Waals surface area contributed by atoms with Crippen molar-refractivity contribution in [2.75, 3.05) is 0 Å². The van der Waals surface area contributed by atoms with E-state index in [2.05, 4.69) is 19.9 Å². The highest BCUT2D eigenvalue weighted by Gasteiger charge is 2.24. The third kappa shape index (κ3) is 2.53. The van der Waals surface area contributed by atoms with Crippen molar-refractivity contribution in [3.8, 4) is 0 Å². The van der Waals surface area contributed by atoms with Crippen molar-refractivity contribution in [2.24, 2.45) is 0 Å². The van der Waals surface area contributed by atoms with E-state index in [9.17, 15) is 10.1 Å². The smallest absolute Gasteiger partial charge is 0.307 e. The van der Waals surface area contributed by atoms with Crippen molar-refractivity contribution in [1.82, 2.24) is 24.5 Å². The van der Waals surface area contributed by atoms with Gasteiger partial charge in [-0.05, 0) is 19.3 Å². The fourth-order valence-electron chi connectivity index (χ4n) is 2.83. The zero-order chi connectivity index (χ0) is 14.8. The van der Waals surface area contributed by atoms with Crippen LogP contribution in [0.1, 0.15) is 50.3 Å². The molecule has 3 rings (SSSR count). The van der Waals surface area contributed by atoms with E-state index in [1.807, 2.05) is 6.92 Å². The van der Waals surface area contributed by atoms with Gasteiger partial charge < -0.3 is 4.57 Å². The molecular formula is C13H18N6O2. The van der Waals surface area contributed by atoms with E-state index in [0.717, 1.165) is 43.9 Å². The monoisotopic (exact) mass is 290 g/mol. The first-order valence-electron chi connectivity index (χ1n) is 7.31. The second kappa shape index (κ2) is 5.63. The zero-order valence-corrected chi connectivity index (χ0v) is 12.0. The molecule has 0 saturated heterocycles. The molecule has 1 aliphatic rings. The Labute approximate surface area is 121 Å². The average molecular weight is 290 g/mol. The molecule has 1 aliphatic heterocycles. The van der Waals surface area contributed by atoms with Gasteiger partial charge in [0.2, 0.25) is 0 Å². The van der Waals surface area contributed by atoms with Crippen LogP contribution in [0, 0.1) is 10.1 Å². The fraction of sp³-hybridized carbons (Fsp3) is 0.615. The maximum atomic E-state index is 10.8. The van der Waals surface area contributed by atoms with Gasteiger partial charge in [0.05, 0.1) is 4.92 Å². The van der Waals surface area contributed by atoms with Crippen LogP contribution < -0.4 is 0 Å². The second-order valence-electron chi connectivity index (χ2n) is 5.30. The molecule has 0 fully saturated rings. The lowest BCUT2D eigenvalue weighted by Gasteiger charge is -2.16. The highest BCUT2D eigenvalue weighted by atomic mass is 16.6. The number of nitro groups is 1. The normalized spacial score (nSPS) is 16.2. The van der Waals surface area contributed by atoms with Gasteiger partial charge >= 0.3 is 5.69 Å². The van der Waals surface area contributed by atoms with Gasteiger partial charge in [0.15, 0.2) is 5.82 Å². The lowest BCUT2D eigenvalue weighted by Crippen LogP contribution is -2.17. The number of nitrogens with zero attached hydrogens (tertiary/aromatic N) is 6. The van der Waals surface area contributed by atoms with Crippen LogP contribution in [0.3, 0.4) is 0 Å². The summed E-state index contributed by atoms with van der Waals surface area (Å²) in [6, 6.07) is -0.113. The minimum absolute atomic E-state index is 0.00375. The third-order valence-electron chi connectivity index (χ3n) is 3.94. The summed E-state index contributed by atoms with van der Waals surface area (Å²) >= 11 is 0. The van der Waals surface area contributed by atoms with Gasteiger partial charge in [0.1, 0.15) is 24.3 Å². The van der Waals surface area contributed by atoms with Crippen LogP contribution in [0.25, 0.3) is 0 Å². The standard InChI is InChI=1S/C13H18N6O2/c1-2-11(18-9-10(8-14-18)19(20)21)13-16-15-12-6-4-3-5-7-17(12)13/h8-9,11H,2-7H2,1H3/t11-/m0/s1. The van der Waals surface area contributed by atoms with Gasteiger partial charge in [-0.15, -0.1) is 10.2 Å². The fourth-order valence-corrected chi connectivity index (χ4v) is 2.83. The van der Waals surface area contributed by atoms with E-state index in [0.29, 0.717) is 0 Å². The predicted octanol–water partition coefficient (Wildman–Crippen LogP) is 2.11. The quantitative estimate of drug-likeness (QED) is 0.635. The minimum Gasteiger partial charge on any atom is -0.313 e. The number of hydrogen-bond acceptors (Lipinski definition) is 5. The van der Waals surface area contributed by atoms with Gasteiger partial charge in [0.25, 0.3) is 0 Å². The molecule has 8 heteroatoms. The molecule has 2 aromatic rings. The van der Waals surface area contributed by atoms with Crippen LogP contribution in [0.2, 0.25) is 0 Å². The SMILES string of the molecule is CC[C@@H](c1nnc2n1CCCCC2)n1cc([N+](=O)[O-])cn1. The van der Waals surface area contributed by atoms with Crippen LogP contribution >= 0.6 is 0 Å².